The number of nitrogens with zero attached hydrogens (tertiary/aromatic N) is 1. The quantitative estimate of drug-likeness (QED) is 0.577. The fourth-order valence-corrected chi connectivity index (χ4v) is 1.44. The minimum Gasteiger partial charge on any atom is -0.303 e. The van der Waals surface area contributed by atoms with E-state index < -0.39 is 0 Å². The largest absolute Gasteiger partial charge is 0.303 e. The van der Waals surface area contributed by atoms with Crippen molar-refractivity contribution in [3.63, 3.8) is 0 Å². The number of carbonyl (C=O) groups is 1. The van der Waals surface area contributed by atoms with Crippen molar-refractivity contribution in [2.45, 2.75) is 12.3 Å². The third kappa shape index (κ3) is 1.05. The maximum atomic E-state index is 10.7. The van der Waals surface area contributed by atoms with Gasteiger partial charge in [0, 0.05) is 12.1 Å². The Morgan fingerprint density at radius 2 is 2.25 bits per heavy atom. The van der Waals surface area contributed by atoms with E-state index in [4.69, 9.17) is 0 Å². The van der Waals surface area contributed by atoms with Gasteiger partial charge in [0.2, 0.25) is 0 Å². The molecule has 2 heteroatoms. The van der Waals surface area contributed by atoms with Gasteiger partial charge in [-0.05, 0) is 18.1 Å². The fourth-order valence-electron chi connectivity index (χ4n) is 1.44. The summed E-state index contributed by atoms with van der Waals surface area (Å²) >= 11 is 0. The lowest BCUT2D eigenvalue weighted by atomic mass is 9.94. The highest BCUT2D eigenvalue weighted by Gasteiger charge is 2.15. The lowest BCUT2D eigenvalue weighted by molar-refractivity contribution is -0.108. The van der Waals surface area contributed by atoms with Crippen molar-refractivity contribution in [1.82, 2.24) is 0 Å². The van der Waals surface area contributed by atoms with Crippen molar-refractivity contribution in [2.24, 2.45) is 4.99 Å². The third-order valence-corrected chi connectivity index (χ3v) is 2.09. The molecule has 0 fully saturated rings. The molecule has 0 radical (unpaired) electrons. The predicted octanol–water partition coefficient (Wildman–Crippen LogP) is 2.08. The number of fused-ring (bicyclic) bond motifs is 1. The van der Waals surface area contributed by atoms with Gasteiger partial charge in [0.1, 0.15) is 6.29 Å². The van der Waals surface area contributed by atoms with Crippen LogP contribution in [0.3, 0.4) is 0 Å². The van der Waals surface area contributed by atoms with Crippen LogP contribution < -0.4 is 0 Å². The minimum absolute atomic E-state index is 0.0127. The van der Waals surface area contributed by atoms with Crippen LogP contribution in [0.4, 0.5) is 5.69 Å². The molecule has 1 aromatic rings. The Bertz CT molecular complexity index is 330. The number of aliphatic imine (C=N–C) groups is 1. The summed E-state index contributed by atoms with van der Waals surface area (Å²) in [5.41, 5.74) is 1.98. The molecule has 0 amide bonds. The van der Waals surface area contributed by atoms with Crippen molar-refractivity contribution in [3.05, 3.63) is 29.8 Å². The van der Waals surface area contributed by atoms with Crippen LogP contribution in [0.15, 0.2) is 29.3 Å². The molecule has 0 saturated heterocycles. The fraction of sp³-hybridized carbons (Fsp3) is 0.200. The van der Waals surface area contributed by atoms with E-state index in [0.29, 0.717) is 0 Å². The molecule has 1 aromatic carbocycles. The molecule has 1 heterocycles. The second-order valence-electron chi connectivity index (χ2n) is 2.85. The first kappa shape index (κ1) is 7.22. The van der Waals surface area contributed by atoms with Gasteiger partial charge in [-0.3, -0.25) is 4.99 Å². The van der Waals surface area contributed by atoms with Gasteiger partial charge in [0.25, 0.3) is 0 Å². The Balaban J connectivity index is 2.52. The smallest absolute Gasteiger partial charge is 0.127 e. The number of benzene rings is 1. The Morgan fingerprint density at radius 3 is 3.08 bits per heavy atom. The number of carbonyl (C=O) groups excluding carboxylic acids is 1. The number of hydrogen-bond donors (Lipinski definition) is 0. The van der Waals surface area contributed by atoms with Crippen LogP contribution >= 0.6 is 0 Å². The molecular weight excluding hydrogens is 150 g/mol. The standard InChI is InChI=1S/C10H9NO/c12-7-8-5-6-11-10-4-2-1-3-9(8)10/h1-4,6-8H,5H2. The van der Waals surface area contributed by atoms with Crippen molar-refractivity contribution >= 4 is 18.2 Å². The summed E-state index contributed by atoms with van der Waals surface area (Å²) in [4.78, 5) is 14.9. The molecule has 0 spiro atoms. The molecule has 0 N–H and O–H groups in total. The van der Waals surface area contributed by atoms with Crippen LogP contribution in [0.2, 0.25) is 0 Å². The highest BCUT2D eigenvalue weighted by molar-refractivity contribution is 5.79. The van der Waals surface area contributed by atoms with Gasteiger partial charge in [0.15, 0.2) is 0 Å². The number of hydrogen-bond acceptors (Lipinski definition) is 2. The van der Waals surface area contributed by atoms with E-state index in [0.717, 1.165) is 24.0 Å². The Hall–Kier alpha value is -1.44. The van der Waals surface area contributed by atoms with Gasteiger partial charge in [-0.25, -0.2) is 0 Å². The maximum Gasteiger partial charge on any atom is 0.127 e. The summed E-state index contributed by atoms with van der Waals surface area (Å²) in [6.07, 6.45) is 3.53. The summed E-state index contributed by atoms with van der Waals surface area (Å²) in [6, 6.07) is 7.77. The van der Waals surface area contributed by atoms with Crippen molar-refractivity contribution in [2.75, 3.05) is 0 Å². The van der Waals surface area contributed by atoms with E-state index in [9.17, 15) is 4.79 Å². The van der Waals surface area contributed by atoms with Crippen LogP contribution in [0, 0.1) is 0 Å². The maximum absolute atomic E-state index is 10.7. The number of rotatable bonds is 1. The summed E-state index contributed by atoms with van der Waals surface area (Å²) in [5, 5.41) is 0. The highest BCUT2D eigenvalue weighted by atomic mass is 16.1. The lowest BCUT2D eigenvalue weighted by Crippen LogP contribution is -2.04. The molecular formula is C10H9NO. The van der Waals surface area contributed by atoms with Gasteiger partial charge in [0.05, 0.1) is 5.69 Å². The molecule has 1 atom stereocenters. The first-order chi connectivity index (χ1) is 5.92. The van der Waals surface area contributed by atoms with Gasteiger partial charge >= 0.3 is 0 Å². The molecule has 0 aliphatic carbocycles. The van der Waals surface area contributed by atoms with Gasteiger partial charge in [-0.2, -0.15) is 0 Å². The van der Waals surface area contributed by atoms with E-state index in [-0.39, 0.29) is 5.92 Å². The molecule has 1 aliphatic heterocycles. The Labute approximate surface area is 70.9 Å². The monoisotopic (exact) mass is 159 g/mol. The zero-order valence-corrected chi connectivity index (χ0v) is 6.60. The molecule has 0 saturated carbocycles. The first-order valence-corrected chi connectivity index (χ1v) is 3.98. The van der Waals surface area contributed by atoms with E-state index in [2.05, 4.69) is 4.99 Å². The predicted molar refractivity (Wildman–Crippen MR) is 48.0 cm³/mol. The number of aldehydes is 1. The SMILES string of the molecule is O=CC1CC=Nc2ccccc21. The second kappa shape index (κ2) is 2.89. The molecule has 2 rings (SSSR count). The molecule has 0 bridgehead atoms. The molecule has 1 aliphatic rings. The van der Waals surface area contributed by atoms with E-state index >= 15 is 0 Å². The summed E-state index contributed by atoms with van der Waals surface area (Å²) in [5.74, 6) is 0.0127. The molecule has 0 aromatic heterocycles. The van der Waals surface area contributed by atoms with Crippen LogP contribution in [0.25, 0.3) is 0 Å². The Morgan fingerprint density at radius 1 is 1.42 bits per heavy atom. The third-order valence-electron chi connectivity index (χ3n) is 2.09. The summed E-state index contributed by atoms with van der Waals surface area (Å²) < 4.78 is 0. The highest BCUT2D eigenvalue weighted by Crippen LogP contribution is 2.30. The normalized spacial score (nSPS) is 20.2. The molecule has 2 nitrogen and oxygen atoms in total. The van der Waals surface area contributed by atoms with Crippen molar-refractivity contribution < 1.29 is 4.79 Å². The van der Waals surface area contributed by atoms with E-state index in [1.54, 1.807) is 6.21 Å². The van der Waals surface area contributed by atoms with Crippen LogP contribution in [-0.4, -0.2) is 12.5 Å². The topological polar surface area (TPSA) is 29.4 Å². The van der Waals surface area contributed by atoms with Crippen molar-refractivity contribution in [3.8, 4) is 0 Å². The van der Waals surface area contributed by atoms with Crippen LogP contribution in [-0.2, 0) is 4.79 Å². The van der Waals surface area contributed by atoms with E-state index in [1.807, 2.05) is 24.3 Å². The second-order valence-corrected chi connectivity index (χ2v) is 2.85. The number of para-hydroxylation sites is 1. The van der Waals surface area contributed by atoms with Crippen molar-refractivity contribution in [1.29, 1.82) is 0 Å². The average Bonchev–Trinajstić information content (AvgIpc) is 2.17. The zero-order valence-electron chi connectivity index (χ0n) is 6.60. The molecule has 12 heavy (non-hydrogen) atoms. The minimum atomic E-state index is 0.0127. The van der Waals surface area contributed by atoms with Gasteiger partial charge < -0.3 is 4.79 Å². The molecule has 1 unspecified atom stereocenters. The summed E-state index contributed by atoms with van der Waals surface area (Å²) in [7, 11) is 0. The van der Waals surface area contributed by atoms with Crippen LogP contribution in [0.5, 0.6) is 0 Å². The van der Waals surface area contributed by atoms with E-state index in [1.165, 1.54) is 0 Å². The Kier molecular flexibility index (Phi) is 1.74. The first-order valence-electron chi connectivity index (χ1n) is 3.98. The lowest BCUT2D eigenvalue weighted by Gasteiger charge is -2.14. The average molecular weight is 159 g/mol. The summed E-state index contributed by atoms with van der Waals surface area (Å²) in [6.45, 7) is 0. The zero-order chi connectivity index (χ0) is 8.39. The van der Waals surface area contributed by atoms with Crippen LogP contribution in [0.1, 0.15) is 17.9 Å². The van der Waals surface area contributed by atoms with Gasteiger partial charge in [-0.15, -0.1) is 0 Å². The molecule has 60 valence electrons. The van der Waals surface area contributed by atoms with Gasteiger partial charge in [-0.1, -0.05) is 18.2 Å².